The Morgan fingerprint density at radius 3 is 2.83 bits per heavy atom. The molecule has 18 heavy (non-hydrogen) atoms. The largest absolute Gasteiger partial charge is 0.347 e. The average molecular weight is 316 g/mol. The summed E-state index contributed by atoms with van der Waals surface area (Å²) >= 11 is 3.39. The lowest BCUT2D eigenvalue weighted by molar-refractivity contribution is 0.0926. The van der Waals surface area contributed by atoms with Crippen LogP contribution in [0.15, 0.2) is 16.7 Å². The van der Waals surface area contributed by atoms with E-state index in [1.807, 2.05) is 23.8 Å². The molecule has 3 N–H and O–H groups in total. The molecule has 0 aliphatic heterocycles. The third-order valence-corrected chi connectivity index (χ3v) is 3.40. The molecule has 0 aromatic carbocycles. The van der Waals surface area contributed by atoms with Gasteiger partial charge in [-0.2, -0.15) is 0 Å². The summed E-state index contributed by atoms with van der Waals surface area (Å²) in [6.07, 6.45) is 5.05. The van der Waals surface area contributed by atoms with Gasteiger partial charge in [0.05, 0.1) is 0 Å². The Kier molecular flexibility index (Phi) is 6.43. The summed E-state index contributed by atoms with van der Waals surface area (Å²) < 4.78 is 2.85. The average Bonchev–Trinajstić information content (AvgIpc) is 2.75. The summed E-state index contributed by atoms with van der Waals surface area (Å²) in [7, 11) is 0. The Balaban J connectivity index is 2.68. The first-order chi connectivity index (χ1) is 8.62. The third-order valence-electron chi connectivity index (χ3n) is 2.96. The van der Waals surface area contributed by atoms with Crippen molar-refractivity contribution >= 4 is 21.8 Å². The molecule has 0 bridgehead atoms. The number of halogens is 1. The van der Waals surface area contributed by atoms with Crippen LogP contribution >= 0.6 is 15.9 Å². The van der Waals surface area contributed by atoms with Gasteiger partial charge in [0.15, 0.2) is 0 Å². The number of hydrogen-bond acceptors (Lipinski definition) is 2. The van der Waals surface area contributed by atoms with Crippen molar-refractivity contribution in [2.75, 3.05) is 6.54 Å². The van der Waals surface area contributed by atoms with E-state index in [-0.39, 0.29) is 11.9 Å². The second-order valence-corrected chi connectivity index (χ2v) is 5.29. The number of aromatic nitrogens is 1. The number of rotatable bonds is 7. The van der Waals surface area contributed by atoms with Crippen molar-refractivity contribution in [1.29, 1.82) is 0 Å². The molecule has 4 nitrogen and oxygen atoms in total. The maximum Gasteiger partial charge on any atom is 0.268 e. The molecule has 0 saturated carbocycles. The fraction of sp³-hybridized carbons (Fsp3) is 0.615. The molecular weight excluding hydrogens is 294 g/mol. The van der Waals surface area contributed by atoms with E-state index in [9.17, 15) is 4.79 Å². The number of nitrogens with zero attached hydrogens (tertiary/aromatic N) is 1. The zero-order chi connectivity index (χ0) is 13.5. The van der Waals surface area contributed by atoms with Crippen molar-refractivity contribution in [3.8, 4) is 0 Å². The van der Waals surface area contributed by atoms with Gasteiger partial charge >= 0.3 is 0 Å². The van der Waals surface area contributed by atoms with Gasteiger partial charge < -0.3 is 15.6 Å². The fourth-order valence-electron chi connectivity index (χ4n) is 1.89. The van der Waals surface area contributed by atoms with Gasteiger partial charge in [-0.1, -0.05) is 19.8 Å². The van der Waals surface area contributed by atoms with Crippen LogP contribution in [0.5, 0.6) is 0 Å². The molecule has 1 aromatic heterocycles. The zero-order valence-corrected chi connectivity index (χ0v) is 12.7. The first-order valence-corrected chi connectivity index (χ1v) is 7.28. The first-order valence-electron chi connectivity index (χ1n) is 6.48. The van der Waals surface area contributed by atoms with Crippen LogP contribution in [0.2, 0.25) is 0 Å². The van der Waals surface area contributed by atoms with Crippen LogP contribution in [0.25, 0.3) is 0 Å². The molecule has 0 saturated heterocycles. The van der Waals surface area contributed by atoms with Crippen molar-refractivity contribution in [2.45, 2.75) is 45.7 Å². The Morgan fingerprint density at radius 1 is 1.56 bits per heavy atom. The highest BCUT2D eigenvalue weighted by atomic mass is 79.9. The monoisotopic (exact) mass is 315 g/mol. The van der Waals surface area contributed by atoms with Gasteiger partial charge in [0.2, 0.25) is 0 Å². The highest BCUT2D eigenvalue weighted by molar-refractivity contribution is 9.10. The standard InChI is InChI=1S/C13H22BrN3O/c1-3-5-6-11(8-15)16-13(18)12-7-10(14)9-17(12)4-2/h7,9,11H,3-6,8,15H2,1-2H3,(H,16,18). The highest BCUT2D eigenvalue weighted by Crippen LogP contribution is 2.15. The van der Waals surface area contributed by atoms with Crippen molar-refractivity contribution in [3.63, 3.8) is 0 Å². The van der Waals surface area contributed by atoms with E-state index in [2.05, 4.69) is 28.2 Å². The maximum absolute atomic E-state index is 12.2. The zero-order valence-electron chi connectivity index (χ0n) is 11.1. The third kappa shape index (κ3) is 4.14. The van der Waals surface area contributed by atoms with Crippen LogP contribution in [0.1, 0.15) is 43.6 Å². The second-order valence-electron chi connectivity index (χ2n) is 4.38. The topological polar surface area (TPSA) is 60.0 Å². The summed E-state index contributed by atoms with van der Waals surface area (Å²) in [5.74, 6) is -0.0471. The predicted octanol–water partition coefficient (Wildman–Crippen LogP) is 2.52. The molecule has 102 valence electrons. The molecule has 0 fully saturated rings. The number of unbranched alkanes of at least 4 members (excludes halogenated alkanes) is 1. The molecule has 0 aliphatic rings. The summed E-state index contributed by atoms with van der Waals surface area (Å²) in [5.41, 5.74) is 6.36. The molecule has 1 rings (SSSR count). The molecule has 1 aromatic rings. The number of aryl methyl sites for hydroxylation is 1. The summed E-state index contributed by atoms with van der Waals surface area (Å²) in [6.45, 7) is 5.41. The Bertz CT molecular complexity index is 390. The van der Waals surface area contributed by atoms with Gasteiger partial charge in [0.1, 0.15) is 5.69 Å². The first kappa shape index (κ1) is 15.2. The van der Waals surface area contributed by atoms with Crippen molar-refractivity contribution in [3.05, 3.63) is 22.4 Å². The minimum atomic E-state index is -0.0471. The van der Waals surface area contributed by atoms with Crippen LogP contribution in [-0.2, 0) is 6.54 Å². The summed E-state index contributed by atoms with van der Waals surface area (Å²) in [6, 6.07) is 1.91. The van der Waals surface area contributed by atoms with Crippen LogP contribution < -0.4 is 11.1 Å². The van der Waals surface area contributed by atoms with Crippen LogP contribution in [0.3, 0.4) is 0 Å². The molecule has 5 heteroatoms. The number of amides is 1. The molecular formula is C13H22BrN3O. The van der Waals surface area contributed by atoms with Gasteiger partial charge in [0, 0.05) is 29.8 Å². The number of hydrogen-bond donors (Lipinski definition) is 2. The minimum absolute atomic E-state index is 0.0471. The van der Waals surface area contributed by atoms with Gasteiger partial charge in [-0.15, -0.1) is 0 Å². The van der Waals surface area contributed by atoms with Gasteiger partial charge in [-0.3, -0.25) is 4.79 Å². The lowest BCUT2D eigenvalue weighted by atomic mass is 10.1. The Labute approximate surface area is 117 Å². The summed E-state index contributed by atoms with van der Waals surface area (Å²) in [4.78, 5) is 12.2. The fourth-order valence-corrected chi connectivity index (χ4v) is 2.35. The van der Waals surface area contributed by atoms with E-state index in [1.165, 1.54) is 0 Å². The normalized spacial score (nSPS) is 12.4. The number of carbonyl (C=O) groups excluding carboxylic acids is 1. The molecule has 0 aliphatic carbocycles. The quantitative estimate of drug-likeness (QED) is 0.812. The second kappa shape index (κ2) is 7.59. The van der Waals surface area contributed by atoms with E-state index >= 15 is 0 Å². The molecule has 1 atom stereocenters. The van der Waals surface area contributed by atoms with Gasteiger partial charge in [0.25, 0.3) is 5.91 Å². The Hall–Kier alpha value is -0.810. The SMILES string of the molecule is CCCCC(CN)NC(=O)c1cc(Br)cn1CC. The van der Waals surface area contributed by atoms with Crippen molar-refractivity contribution < 1.29 is 4.79 Å². The Morgan fingerprint density at radius 2 is 2.28 bits per heavy atom. The number of nitrogens with one attached hydrogen (secondary N) is 1. The van der Waals surface area contributed by atoms with E-state index in [0.29, 0.717) is 12.2 Å². The van der Waals surface area contributed by atoms with Crippen LogP contribution in [-0.4, -0.2) is 23.1 Å². The molecule has 1 heterocycles. The van der Waals surface area contributed by atoms with Crippen LogP contribution in [0, 0.1) is 0 Å². The lowest BCUT2D eigenvalue weighted by Crippen LogP contribution is -2.40. The minimum Gasteiger partial charge on any atom is -0.347 e. The molecule has 0 radical (unpaired) electrons. The lowest BCUT2D eigenvalue weighted by Gasteiger charge is -2.17. The van der Waals surface area contributed by atoms with Crippen LogP contribution in [0.4, 0.5) is 0 Å². The van der Waals surface area contributed by atoms with Crippen molar-refractivity contribution in [2.24, 2.45) is 5.73 Å². The van der Waals surface area contributed by atoms with Gasteiger partial charge in [-0.25, -0.2) is 0 Å². The van der Waals surface area contributed by atoms with E-state index in [0.717, 1.165) is 30.3 Å². The van der Waals surface area contributed by atoms with E-state index in [4.69, 9.17) is 5.73 Å². The smallest absolute Gasteiger partial charge is 0.268 e. The number of carbonyl (C=O) groups is 1. The van der Waals surface area contributed by atoms with E-state index < -0.39 is 0 Å². The molecule has 0 spiro atoms. The predicted molar refractivity (Wildman–Crippen MR) is 77.6 cm³/mol. The maximum atomic E-state index is 12.2. The van der Waals surface area contributed by atoms with Crippen molar-refractivity contribution in [1.82, 2.24) is 9.88 Å². The van der Waals surface area contributed by atoms with Gasteiger partial charge in [-0.05, 0) is 35.3 Å². The number of nitrogens with two attached hydrogens (primary N) is 1. The summed E-state index contributed by atoms with van der Waals surface area (Å²) in [5, 5.41) is 3.00. The highest BCUT2D eigenvalue weighted by Gasteiger charge is 2.15. The van der Waals surface area contributed by atoms with E-state index in [1.54, 1.807) is 0 Å². The molecule has 1 unspecified atom stereocenters. The molecule has 1 amide bonds.